The van der Waals surface area contributed by atoms with Crippen molar-refractivity contribution >= 4 is 11.8 Å². The highest BCUT2D eigenvalue weighted by atomic mass is 19.1. The molecular formula is C21H27FN2O2. The van der Waals surface area contributed by atoms with Gasteiger partial charge in [0, 0.05) is 30.1 Å². The lowest BCUT2D eigenvalue weighted by molar-refractivity contribution is -0.136. The Morgan fingerprint density at radius 3 is 2.23 bits per heavy atom. The average Bonchev–Trinajstić information content (AvgIpc) is 3.21. The third kappa shape index (κ3) is 3.62. The van der Waals surface area contributed by atoms with Gasteiger partial charge in [0.2, 0.25) is 5.91 Å². The van der Waals surface area contributed by atoms with Crippen molar-refractivity contribution in [3.8, 4) is 0 Å². The number of benzene rings is 1. The number of fused-ring (bicyclic) bond motifs is 2. The Morgan fingerprint density at radius 2 is 1.62 bits per heavy atom. The van der Waals surface area contributed by atoms with Crippen molar-refractivity contribution in [1.29, 1.82) is 0 Å². The van der Waals surface area contributed by atoms with Gasteiger partial charge in [-0.15, -0.1) is 0 Å². The number of hydrogen-bond donors (Lipinski definition) is 1. The molecule has 4 rings (SSSR count). The number of hydrogen-bond acceptors (Lipinski definition) is 2. The summed E-state index contributed by atoms with van der Waals surface area (Å²) in [6, 6.07) is 6.27. The SMILES string of the molecule is O=C(NC1CC2CCC(C1)N2C(=O)CC1CCCC1)c1ccc(F)cc1. The van der Waals surface area contributed by atoms with Gasteiger partial charge in [0.15, 0.2) is 0 Å². The summed E-state index contributed by atoms with van der Waals surface area (Å²) in [5, 5.41) is 3.09. The van der Waals surface area contributed by atoms with Gasteiger partial charge < -0.3 is 10.2 Å². The molecule has 1 N–H and O–H groups in total. The molecule has 2 aliphatic heterocycles. The maximum absolute atomic E-state index is 13.0. The second-order valence-electron chi connectivity index (χ2n) is 8.19. The Morgan fingerprint density at radius 1 is 1.00 bits per heavy atom. The summed E-state index contributed by atoms with van der Waals surface area (Å²) in [4.78, 5) is 27.3. The molecule has 0 radical (unpaired) electrons. The quantitative estimate of drug-likeness (QED) is 0.893. The lowest BCUT2D eigenvalue weighted by Gasteiger charge is -2.39. The standard InChI is InChI=1S/C21H27FN2O2/c22-16-7-5-15(6-8-16)21(26)23-17-12-18-9-10-19(13-17)24(18)20(25)11-14-3-1-2-4-14/h5-8,14,17-19H,1-4,9-13H2,(H,23,26). The number of piperidine rings is 1. The summed E-state index contributed by atoms with van der Waals surface area (Å²) in [7, 11) is 0. The van der Waals surface area contributed by atoms with Crippen molar-refractivity contribution in [2.45, 2.75) is 75.9 Å². The van der Waals surface area contributed by atoms with E-state index in [0.717, 1.165) is 25.7 Å². The predicted molar refractivity (Wildman–Crippen MR) is 97.1 cm³/mol. The third-order valence-electron chi connectivity index (χ3n) is 6.40. The van der Waals surface area contributed by atoms with E-state index in [0.29, 0.717) is 23.8 Å². The van der Waals surface area contributed by atoms with Crippen molar-refractivity contribution in [1.82, 2.24) is 10.2 Å². The van der Waals surface area contributed by atoms with Gasteiger partial charge in [-0.25, -0.2) is 4.39 Å². The molecule has 1 aliphatic carbocycles. The van der Waals surface area contributed by atoms with Crippen LogP contribution < -0.4 is 5.32 Å². The summed E-state index contributed by atoms with van der Waals surface area (Å²) in [5.74, 6) is 0.416. The van der Waals surface area contributed by atoms with Gasteiger partial charge in [0.05, 0.1) is 0 Å². The third-order valence-corrected chi connectivity index (χ3v) is 6.40. The molecule has 1 aromatic rings. The molecule has 26 heavy (non-hydrogen) atoms. The summed E-state index contributed by atoms with van der Waals surface area (Å²) >= 11 is 0. The van der Waals surface area contributed by atoms with Crippen molar-refractivity contribution in [3.63, 3.8) is 0 Å². The monoisotopic (exact) mass is 358 g/mol. The highest BCUT2D eigenvalue weighted by Gasteiger charge is 2.43. The first kappa shape index (κ1) is 17.5. The first-order chi connectivity index (χ1) is 12.6. The molecule has 2 unspecified atom stereocenters. The molecule has 5 heteroatoms. The number of carbonyl (C=O) groups excluding carboxylic acids is 2. The highest BCUT2D eigenvalue weighted by molar-refractivity contribution is 5.94. The molecule has 0 aromatic heterocycles. The van der Waals surface area contributed by atoms with Crippen LogP contribution in [0, 0.1) is 11.7 Å². The number of rotatable bonds is 4. The topological polar surface area (TPSA) is 49.4 Å². The summed E-state index contributed by atoms with van der Waals surface area (Å²) in [6.45, 7) is 0. The summed E-state index contributed by atoms with van der Waals surface area (Å²) in [5.41, 5.74) is 0.485. The van der Waals surface area contributed by atoms with Gasteiger partial charge >= 0.3 is 0 Å². The molecule has 2 bridgehead atoms. The van der Waals surface area contributed by atoms with E-state index in [9.17, 15) is 14.0 Å². The largest absolute Gasteiger partial charge is 0.349 e. The summed E-state index contributed by atoms with van der Waals surface area (Å²) in [6.07, 6.45) is 9.40. The lowest BCUT2D eigenvalue weighted by atomic mass is 9.95. The fourth-order valence-electron chi connectivity index (χ4n) is 5.14. The first-order valence-electron chi connectivity index (χ1n) is 9.98. The number of nitrogens with zero attached hydrogens (tertiary/aromatic N) is 1. The van der Waals surface area contributed by atoms with Crippen LogP contribution in [0.3, 0.4) is 0 Å². The minimum atomic E-state index is -0.339. The predicted octanol–water partition coefficient (Wildman–Crippen LogP) is 3.66. The van der Waals surface area contributed by atoms with Crippen molar-refractivity contribution in [2.75, 3.05) is 0 Å². The van der Waals surface area contributed by atoms with E-state index < -0.39 is 0 Å². The fourth-order valence-corrected chi connectivity index (χ4v) is 5.14. The molecule has 2 saturated heterocycles. The average molecular weight is 358 g/mol. The number of carbonyl (C=O) groups is 2. The minimum absolute atomic E-state index is 0.0978. The van der Waals surface area contributed by atoms with Gasteiger partial charge in [-0.05, 0) is 68.7 Å². The van der Waals surface area contributed by atoms with E-state index in [1.807, 2.05) is 0 Å². The second kappa shape index (κ2) is 7.37. The van der Waals surface area contributed by atoms with Crippen molar-refractivity contribution < 1.29 is 14.0 Å². The van der Waals surface area contributed by atoms with Crippen LogP contribution in [0.2, 0.25) is 0 Å². The Balaban J connectivity index is 1.34. The zero-order valence-electron chi connectivity index (χ0n) is 15.1. The molecule has 1 saturated carbocycles. The molecule has 2 atom stereocenters. The van der Waals surface area contributed by atoms with E-state index in [2.05, 4.69) is 10.2 Å². The van der Waals surface area contributed by atoms with Crippen LogP contribution in [-0.4, -0.2) is 34.8 Å². The van der Waals surface area contributed by atoms with E-state index >= 15 is 0 Å². The van der Waals surface area contributed by atoms with Gasteiger partial charge in [-0.1, -0.05) is 12.8 Å². The second-order valence-corrected chi connectivity index (χ2v) is 8.19. The fraction of sp³-hybridized carbons (Fsp3) is 0.619. The highest BCUT2D eigenvalue weighted by Crippen LogP contribution is 2.38. The molecule has 4 nitrogen and oxygen atoms in total. The van der Waals surface area contributed by atoms with Gasteiger partial charge in [-0.2, -0.15) is 0 Å². The minimum Gasteiger partial charge on any atom is -0.349 e. The van der Waals surface area contributed by atoms with Crippen LogP contribution in [0.15, 0.2) is 24.3 Å². The van der Waals surface area contributed by atoms with Crippen LogP contribution in [0.4, 0.5) is 4.39 Å². The molecule has 2 amide bonds. The van der Waals surface area contributed by atoms with Crippen LogP contribution in [0.5, 0.6) is 0 Å². The Kier molecular flexibility index (Phi) is 4.96. The van der Waals surface area contributed by atoms with E-state index in [4.69, 9.17) is 0 Å². The molecular weight excluding hydrogens is 331 g/mol. The van der Waals surface area contributed by atoms with Gasteiger partial charge in [-0.3, -0.25) is 9.59 Å². The Labute approximate surface area is 154 Å². The molecule has 2 heterocycles. The number of amides is 2. The Bertz CT molecular complexity index is 655. The molecule has 0 spiro atoms. The number of nitrogens with one attached hydrogen (secondary N) is 1. The first-order valence-corrected chi connectivity index (χ1v) is 9.98. The van der Waals surface area contributed by atoms with E-state index in [1.165, 1.54) is 49.9 Å². The Hall–Kier alpha value is -1.91. The van der Waals surface area contributed by atoms with Gasteiger partial charge in [0.1, 0.15) is 5.82 Å². The summed E-state index contributed by atoms with van der Waals surface area (Å²) < 4.78 is 13.0. The normalized spacial score (nSPS) is 28.3. The molecule has 140 valence electrons. The van der Waals surface area contributed by atoms with Gasteiger partial charge in [0.25, 0.3) is 5.91 Å². The van der Waals surface area contributed by atoms with Crippen LogP contribution in [0.1, 0.15) is 68.1 Å². The van der Waals surface area contributed by atoms with Crippen molar-refractivity contribution in [3.05, 3.63) is 35.6 Å². The maximum atomic E-state index is 13.0. The van der Waals surface area contributed by atoms with Crippen molar-refractivity contribution in [2.24, 2.45) is 5.92 Å². The zero-order valence-corrected chi connectivity index (χ0v) is 15.1. The maximum Gasteiger partial charge on any atom is 0.251 e. The smallest absolute Gasteiger partial charge is 0.251 e. The van der Waals surface area contributed by atoms with E-state index in [1.54, 1.807) is 0 Å². The number of halogens is 1. The lowest BCUT2D eigenvalue weighted by Crippen LogP contribution is -2.52. The zero-order chi connectivity index (χ0) is 18.1. The molecule has 3 aliphatic rings. The molecule has 3 fully saturated rings. The van der Waals surface area contributed by atoms with Crippen LogP contribution in [0.25, 0.3) is 0 Å². The molecule has 1 aromatic carbocycles. The van der Waals surface area contributed by atoms with Crippen LogP contribution >= 0.6 is 0 Å². The van der Waals surface area contributed by atoms with E-state index in [-0.39, 0.29) is 29.8 Å². The van der Waals surface area contributed by atoms with Crippen LogP contribution in [-0.2, 0) is 4.79 Å².